The molecule has 1 aliphatic rings. The summed E-state index contributed by atoms with van der Waals surface area (Å²) in [6.45, 7) is 5.69. The molecule has 0 N–H and O–H groups in total. The summed E-state index contributed by atoms with van der Waals surface area (Å²) in [6, 6.07) is 21.4. The molecule has 2 heterocycles. The Kier molecular flexibility index (Phi) is 6.75. The molecule has 1 aromatic heterocycles. The van der Waals surface area contributed by atoms with E-state index in [-0.39, 0.29) is 17.7 Å². The summed E-state index contributed by atoms with van der Waals surface area (Å²) in [5.41, 5.74) is 3.89. The second kappa shape index (κ2) is 10.1. The zero-order chi connectivity index (χ0) is 22.3. The zero-order valence-electron chi connectivity index (χ0n) is 18.1. The molecule has 0 spiro atoms. The smallest absolute Gasteiger partial charge is 0.253 e. The summed E-state index contributed by atoms with van der Waals surface area (Å²) >= 11 is 0. The van der Waals surface area contributed by atoms with Crippen LogP contribution in [0.5, 0.6) is 0 Å². The van der Waals surface area contributed by atoms with E-state index in [2.05, 4.69) is 23.7 Å². The number of hydrogen-bond acceptors (Lipinski definition) is 3. The van der Waals surface area contributed by atoms with Crippen molar-refractivity contribution in [2.75, 3.05) is 26.2 Å². The minimum absolute atomic E-state index is 0.0359. The van der Waals surface area contributed by atoms with Gasteiger partial charge in [-0.15, -0.1) is 6.58 Å². The van der Waals surface area contributed by atoms with Crippen molar-refractivity contribution < 1.29 is 9.59 Å². The van der Waals surface area contributed by atoms with Crippen LogP contribution in [0, 0.1) is 5.92 Å². The van der Waals surface area contributed by atoms with Gasteiger partial charge in [0.15, 0.2) is 0 Å². The highest BCUT2D eigenvalue weighted by molar-refractivity contribution is 5.95. The second-order valence-electron chi connectivity index (χ2n) is 7.98. The Balaban J connectivity index is 1.64. The monoisotopic (exact) mass is 425 g/mol. The third kappa shape index (κ3) is 4.78. The van der Waals surface area contributed by atoms with Crippen molar-refractivity contribution in [3.8, 4) is 11.1 Å². The van der Waals surface area contributed by atoms with Crippen LogP contribution in [0.1, 0.15) is 15.9 Å². The molecule has 0 unspecified atom stereocenters. The van der Waals surface area contributed by atoms with E-state index in [1.54, 1.807) is 18.5 Å². The molecule has 2 aromatic carbocycles. The number of nitrogens with zero attached hydrogens (tertiary/aromatic N) is 3. The Morgan fingerprint density at radius 3 is 2.47 bits per heavy atom. The summed E-state index contributed by atoms with van der Waals surface area (Å²) in [4.78, 5) is 34.3. The molecular formula is C27H27N3O2. The van der Waals surface area contributed by atoms with Crippen molar-refractivity contribution in [2.24, 2.45) is 5.92 Å². The number of carbonyl (C=O) groups is 2. The first kappa shape index (κ1) is 21.5. The quantitative estimate of drug-likeness (QED) is 0.559. The number of hydrogen-bond donors (Lipinski definition) is 0. The minimum atomic E-state index is -0.326. The lowest BCUT2D eigenvalue weighted by molar-refractivity contribution is -0.134. The van der Waals surface area contributed by atoms with Crippen LogP contribution < -0.4 is 0 Å². The van der Waals surface area contributed by atoms with Crippen LogP contribution in [-0.4, -0.2) is 52.8 Å². The van der Waals surface area contributed by atoms with Gasteiger partial charge in [-0.2, -0.15) is 0 Å². The largest absolute Gasteiger partial charge is 0.337 e. The second-order valence-corrected chi connectivity index (χ2v) is 7.98. The predicted octanol–water partition coefficient (Wildman–Crippen LogP) is 4.08. The van der Waals surface area contributed by atoms with Crippen LogP contribution in [0.4, 0.5) is 0 Å². The summed E-state index contributed by atoms with van der Waals surface area (Å²) in [5.74, 6) is -0.294. The van der Waals surface area contributed by atoms with Gasteiger partial charge in [-0.05, 0) is 47.4 Å². The molecule has 1 aliphatic heterocycles. The molecule has 32 heavy (non-hydrogen) atoms. The highest BCUT2D eigenvalue weighted by atomic mass is 16.2. The summed E-state index contributed by atoms with van der Waals surface area (Å²) in [6.07, 6.45) is 5.85. The van der Waals surface area contributed by atoms with Gasteiger partial charge in [0.25, 0.3) is 5.91 Å². The molecule has 2 amide bonds. The van der Waals surface area contributed by atoms with E-state index in [9.17, 15) is 9.59 Å². The summed E-state index contributed by atoms with van der Waals surface area (Å²) < 4.78 is 0. The van der Waals surface area contributed by atoms with E-state index in [0.717, 1.165) is 16.7 Å². The Labute approximate surface area is 189 Å². The van der Waals surface area contributed by atoms with E-state index in [0.29, 0.717) is 38.2 Å². The zero-order valence-corrected chi connectivity index (χ0v) is 18.1. The number of carbonyl (C=O) groups excluding carboxylic acids is 2. The van der Waals surface area contributed by atoms with E-state index in [4.69, 9.17) is 0 Å². The highest BCUT2D eigenvalue weighted by Gasteiger charge is 2.32. The summed E-state index contributed by atoms with van der Waals surface area (Å²) in [5, 5.41) is 0. The average molecular weight is 426 g/mol. The van der Waals surface area contributed by atoms with Crippen LogP contribution in [0.15, 0.2) is 91.8 Å². The Hall–Kier alpha value is -3.73. The third-order valence-corrected chi connectivity index (χ3v) is 5.87. The van der Waals surface area contributed by atoms with Crippen molar-refractivity contribution in [3.05, 3.63) is 103 Å². The standard InChI is InChI=1S/C27H27N3O2/c1-2-16-29-17-18-30(26(31)22-8-4-3-5-9-22)20-24(27(29)32)19-23-10-6-7-11-25(23)21-12-14-28-15-13-21/h2-15,24H,1,16-20H2/t24-/m0/s1. The van der Waals surface area contributed by atoms with E-state index in [1.165, 1.54) is 0 Å². The SMILES string of the molecule is C=CCN1CCN(C(=O)c2ccccc2)C[C@H](Cc2ccccc2-c2ccncc2)C1=O. The molecule has 0 radical (unpaired) electrons. The van der Waals surface area contributed by atoms with Crippen LogP contribution in [0.2, 0.25) is 0 Å². The maximum absolute atomic E-state index is 13.4. The van der Waals surface area contributed by atoms with Gasteiger partial charge in [-0.1, -0.05) is 48.5 Å². The van der Waals surface area contributed by atoms with Gasteiger partial charge in [0.2, 0.25) is 5.91 Å². The normalized spacial score (nSPS) is 16.5. The maximum atomic E-state index is 13.4. The number of amides is 2. The van der Waals surface area contributed by atoms with Crippen LogP contribution in [0.3, 0.4) is 0 Å². The average Bonchev–Trinajstić information content (AvgIpc) is 3.00. The van der Waals surface area contributed by atoms with Crippen molar-refractivity contribution in [2.45, 2.75) is 6.42 Å². The fourth-order valence-corrected chi connectivity index (χ4v) is 4.26. The van der Waals surface area contributed by atoms with Gasteiger partial charge in [-0.25, -0.2) is 0 Å². The lowest BCUT2D eigenvalue weighted by Gasteiger charge is -2.24. The molecule has 5 nitrogen and oxygen atoms in total. The van der Waals surface area contributed by atoms with Crippen molar-refractivity contribution in [3.63, 3.8) is 0 Å². The van der Waals surface area contributed by atoms with Crippen molar-refractivity contribution in [1.29, 1.82) is 0 Å². The lowest BCUT2D eigenvalue weighted by Crippen LogP contribution is -2.38. The molecule has 3 aromatic rings. The minimum Gasteiger partial charge on any atom is -0.337 e. The van der Waals surface area contributed by atoms with E-state index in [1.807, 2.05) is 64.4 Å². The fourth-order valence-electron chi connectivity index (χ4n) is 4.26. The number of pyridine rings is 1. The molecule has 0 saturated carbocycles. The van der Waals surface area contributed by atoms with Crippen molar-refractivity contribution >= 4 is 11.8 Å². The van der Waals surface area contributed by atoms with Crippen molar-refractivity contribution in [1.82, 2.24) is 14.8 Å². The molecule has 162 valence electrons. The highest BCUT2D eigenvalue weighted by Crippen LogP contribution is 2.27. The Morgan fingerprint density at radius 1 is 1.00 bits per heavy atom. The molecular weight excluding hydrogens is 398 g/mol. The van der Waals surface area contributed by atoms with E-state index >= 15 is 0 Å². The molecule has 0 aliphatic carbocycles. The molecule has 1 saturated heterocycles. The van der Waals surface area contributed by atoms with Crippen LogP contribution >= 0.6 is 0 Å². The molecule has 1 atom stereocenters. The fraction of sp³-hybridized carbons (Fsp3) is 0.222. The van der Waals surface area contributed by atoms with Gasteiger partial charge in [-0.3, -0.25) is 14.6 Å². The van der Waals surface area contributed by atoms with Gasteiger partial charge in [0, 0.05) is 44.1 Å². The first-order valence-corrected chi connectivity index (χ1v) is 10.9. The number of aromatic nitrogens is 1. The van der Waals surface area contributed by atoms with Gasteiger partial charge in [0.1, 0.15) is 0 Å². The lowest BCUT2D eigenvalue weighted by atomic mass is 9.91. The predicted molar refractivity (Wildman–Crippen MR) is 126 cm³/mol. The molecule has 1 fully saturated rings. The first-order chi connectivity index (χ1) is 15.7. The Bertz CT molecular complexity index is 1080. The number of rotatable bonds is 6. The van der Waals surface area contributed by atoms with Crippen LogP contribution in [-0.2, 0) is 11.2 Å². The van der Waals surface area contributed by atoms with Gasteiger partial charge < -0.3 is 9.80 Å². The van der Waals surface area contributed by atoms with E-state index < -0.39 is 0 Å². The Morgan fingerprint density at radius 2 is 1.72 bits per heavy atom. The first-order valence-electron chi connectivity index (χ1n) is 10.9. The molecule has 5 heteroatoms. The van der Waals surface area contributed by atoms with Gasteiger partial charge >= 0.3 is 0 Å². The third-order valence-electron chi connectivity index (χ3n) is 5.87. The maximum Gasteiger partial charge on any atom is 0.253 e. The molecule has 4 rings (SSSR count). The summed E-state index contributed by atoms with van der Waals surface area (Å²) in [7, 11) is 0. The topological polar surface area (TPSA) is 53.5 Å². The molecule has 0 bridgehead atoms. The van der Waals surface area contributed by atoms with Gasteiger partial charge in [0.05, 0.1) is 5.92 Å². The number of benzene rings is 2. The van der Waals surface area contributed by atoms with Crippen LogP contribution in [0.25, 0.3) is 11.1 Å².